The third-order valence-corrected chi connectivity index (χ3v) is 2.36. The Kier molecular flexibility index (Phi) is 8.95. The molecule has 0 amide bonds. The number of rotatable bonds is 5. The van der Waals surface area contributed by atoms with Crippen LogP contribution in [0.5, 0.6) is 0 Å². The van der Waals surface area contributed by atoms with Gasteiger partial charge in [-0.05, 0) is 12.8 Å². The van der Waals surface area contributed by atoms with E-state index in [9.17, 15) is 8.42 Å². The van der Waals surface area contributed by atoms with Crippen LogP contribution in [-0.4, -0.2) is 13.0 Å². The van der Waals surface area contributed by atoms with Crippen molar-refractivity contribution in [3.63, 3.8) is 0 Å². The van der Waals surface area contributed by atoms with Gasteiger partial charge in [-0.1, -0.05) is 26.3 Å². The summed E-state index contributed by atoms with van der Waals surface area (Å²) in [5.41, 5.74) is 0. The van der Waals surface area contributed by atoms with Gasteiger partial charge in [0.25, 0.3) is 10.1 Å². The van der Waals surface area contributed by atoms with Gasteiger partial charge < -0.3 is 1.43 Å². The van der Waals surface area contributed by atoms with Crippen LogP contribution >= 0.6 is 0 Å². The molecule has 0 aromatic rings. The van der Waals surface area contributed by atoms with Gasteiger partial charge in [0.2, 0.25) is 0 Å². The standard InChI is InChI=1S/C7H14O3S.Na.H/c1-3-4-5-6-7(2)11(8,9)10;;/h2-6H2,1H3,(H,8,9,10);;/q;+1;-1. The third kappa shape index (κ3) is 7.31. The molecule has 0 aliphatic carbocycles. The molecule has 5 heteroatoms. The largest absolute Gasteiger partial charge is 1.00 e. The maximum absolute atomic E-state index is 10.4. The Morgan fingerprint density at radius 1 is 1.50 bits per heavy atom. The predicted octanol–water partition coefficient (Wildman–Crippen LogP) is -0.915. The minimum atomic E-state index is -3.98. The molecule has 1 N–H and O–H groups in total. The minimum Gasteiger partial charge on any atom is -1.00 e. The van der Waals surface area contributed by atoms with Crippen LogP contribution in [0.25, 0.3) is 0 Å². The Hall–Kier alpha value is 0.650. The van der Waals surface area contributed by atoms with Crippen molar-refractivity contribution in [3.05, 3.63) is 11.5 Å². The quantitative estimate of drug-likeness (QED) is 0.356. The fraction of sp³-hybridized carbons (Fsp3) is 0.714. The van der Waals surface area contributed by atoms with Crippen molar-refractivity contribution in [2.45, 2.75) is 32.6 Å². The maximum Gasteiger partial charge on any atom is 1.00 e. The topological polar surface area (TPSA) is 54.4 Å². The van der Waals surface area contributed by atoms with Crippen molar-refractivity contribution in [1.82, 2.24) is 0 Å². The summed E-state index contributed by atoms with van der Waals surface area (Å²) in [5.74, 6) is 0. The number of unbranched alkanes of at least 4 members (excludes halogenated alkanes) is 2. The summed E-state index contributed by atoms with van der Waals surface area (Å²) in [5, 5.41) is 0. The van der Waals surface area contributed by atoms with Crippen LogP contribution in [0, 0.1) is 0 Å². The molecule has 0 aromatic heterocycles. The van der Waals surface area contributed by atoms with Gasteiger partial charge >= 0.3 is 29.6 Å². The fourth-order valence-corrected chi connectivity index (χ4v) is 1.10. The van der Waals surface area contributed by atoms with E-state index in [0.29, 0.717) is 6.42 Å². The molecule has 12 heavy (non-hydrogen) atoms. The van der Waals surface area contributed by atoms with Crippen molar-refractivity contribution < 1.29 is 44.0 Å². The summed E-state index contributed by atoms with van der Waals surface area (Å²) in [6.45, 7) is 5.28. The Balaban J connectivity index is -0.000000500. The molecule has 0 saturated heterocycles. The van der Waals surface area contributed by atoms with Crippen molar-refractivity contribution in [2.24, 2.45) is 0 Å². The van der Waals surface area contributed by atoms with E-state index < -0.39 is 10.1 Å². The fourth-order valence-electron chi connectivity index (χ4n) is 0.701. The molecular weight excluding hydrogens is 187 g/mol. The second kappa shape index (κ2) is 7.09. The molecule has 0 unspecified atom stereocenters. The Bertz CT molecular complexity index is 226. The molecule has 0 heterocycles. The van der Waals surface area contributed by atoms with Gasteiger partial charge in [-0.15, -0.1) is 0 Å². The summed E-state index contributed by atoms with van der Waals surface area (Å²) in [4.78, 5) is -0.0778. The maximum atomic E-state index is 10.4. The molecule has 0 aliphatic heterocycles. The first-order valence-corrected chi connectivity index (χ1v) is 5.07. The second-order valence-electron chi connectivity index (χ2n) is 2.47. The molecule has 0 fully saturated rings. The van der Waals surface area contributed by atoms with Crippen LogP contribution in [0.1, 0.15) is 34.0 Å². The number of hydrogen-bond donors (Lipinski definition) is 1. The number of allylic oxidation sites excluding steroid dienone is 1. The molecule has 0 rings (SSSR count). The third-order valence-electron chi connectivity index (χ3n) is 1.42. The van der Waals surface area contributed by atoms with Gasteiger partial charge in [-0.25, -0.2) is 0 Å². The molecule has 0 radical (unpaired) electrons. The van der Waals surface area contributed by atoms with E-state index in [1.807, 2.05) is 6.92 Å². The van der Waals surface area contributed by atoms with Crippen molar-refractivity contribution in [2.75, 3.05) is 0 Å². The average molecular weight is 202 g/mol. The van der Waals surface area contributed by atoms with Gasteiger partial charge in [-0.3, -0.25) is 4.55 Å². The minimum absolute atomic E-state index is 0. The van der Waals surface area contributed by atoms with E-state index in [4.69, 9.17) is 4.55 Å². The van der Waals surface area contributed by atoms with E-state index in [1.54, 1.807) is 0 Å². The molecule has 0 aromatic carbocycles. The zero-order valence-electron chi connectivity index (χ0n) is 8.71. The van der Waals surface area contributed by atoms with E-state index in [-0.39, 0.29) is 35.9 Å². The molecule has 0 aliphatic rings. The van der Waals surface area contributed by atoms with Gasteiger partial charge in [-0.2, -0.15) is 8.42 Å². The molecule has 0 spiro atoms. The van der Waals surface area contributed by atoms with Gasteiger partial charge in [0, 0.05) is 0 Å². The Labute approximate surface area is 97.8 Å². The first-order chi connectivity index (χ1) is 4.98. The van der Waals surface area contributed by atoms with Crippen molar-refractivity contribution in [3.8, 4) is 0 Å². The zero-order valence-corrected chi connectivity index (χ0v) is 10.5. The molecule has 0 saturated carbocycles. The normalized spacial score (nSPS) is 10.5. The summed E-state index contributed by atoms with van der Waals surface area (Å²) in [6.07, 6.45) is 3.13. The first-order valence-electron chi connectivity index (χ1n) is 3.63. The Morgan fingerprint density at radius 2 is 2.00 bits per heavy atom. The Morgan fingerprint density at radius 3 is 2.33 bits per heavy atom. The van der Waals surface area contributed by atoms with Crippen molar-refractivity contribution >= 4 is 10.1 Å². The molecule has 68 valence electrons. The predicted molar refractivity (Wildman–Crippen MR) is 45.9 cm³/mol. The zero-order chi connectivity index (χ0) is 8.91. The average Bonchev–Trinajstić information content (AvgIpc) is 1.86. The van der Waals surface area contributed by atoms with Crippen molar-refractivity contribution in [1.29, 1.82) is 0 Å². The van der Waals surface area contributed by atoms with Crippen LogP contribution in [0.15, 0.2) is 11.5 Å². The van der Waals surface area contributed by atoms with Gasteiger partial charge in [0.05, 0.1) is 4.91 Å². The van der Waals surface area contributed by atoms with Crippen LogP contribution in [0.4, 0.5) is 0 Å². The van der Waals surface area contributed by atoms with E-state index in [2.05, 4.69) is 6.58 Å². The van der Waals surface area contributed by atoms with E-state index in [1.165, 1.54) is 0 Å². The van der Waals surface area contributed by atoms with Crippen LogP contribution in [0.2, 0.25) is 0 Å². The van der Waals surface area contributed by atoms with Crippen LogP contribution in [0.3, 0.4) is 0 Å². The van der Waals surface area contributed by atoms with Crippen LogP contribution in [-0.2, 0) is 10.1 Å². The molecule has 0 bridgehead atoms. The van der Waals surface area contributed by atoms with Crippen LogP contribution < -0.4 is 29.6 Å². The van der Waals surface area contributed by atoms with Gasteiger partial charge in [0.15, 0.2) is 0 Å². The first kappa shape index (κ1) is 15.1. The molecular formula is C7H15NaO3S. The summed E-state index contributed by atoms with van der Waals surface area (Å²) in [7, 11) is -3.98. The van der Waals surface area contributed by atoms with E-state index >= 15 is 0 Å². The smallest absolute Gasteiger partial charge is 1.00 e. The second-order valence-corrected chi connectivity index (χ2v) is 4.00. The summed E-state index contributed by atoms with van der Waals surface area (Å²) >= 11 is 0. The summed E-state index contributed by atoms with van der Waals surface area (Å²) in [6, 6.07) is 0. The monoisotopic (exact) mass is 202 g/mol. The number of hydrogen-bond acceptors (Lipinski definition) is 2. The molecule has 0 atom stereocenters. The molecule has 3 nitrogen and oxygen atoms in total. The SMILES string of the molecule is C=C(CCCCC)S(=O)(=O)O.[H-].[Na+]. The summed E-state index contributed by atoms with van der Waals surface area (Å²) < 4.78 is 29.2. The van der Waals surface area contributed by atoms with E-state index in [0.717, 1.165) is 19.3 Å². The van der Waals surface area contributed by atoms with Gasteiger partial charge in [0.1, 0.15) is 0 Å².